The van der Waals surface area contributed by atoms with Crippen molar-refractivity contribution < 1.29 is 24.5 Å². The summed E-state index contributed by atoms with van der Waals surface area (Å²) in [7, 11) is 1.48. The molecule has 3 heterocycles. The van der Waals surface area contributed by atoms with E-state index in [1.54, 1.807) is 20.0 Å². The summed E-state index contributed by atoms with van der Waals surface area (Å²) in [5, 5.41) is 43.7. The minimum atomic E-state index is -1.11. The quantitative estimate of drug-likeness (QED) is 0.273. The third kappa shape index (κ3) is 6.32. The highest BCUT2D eigenvalue weighted by molar-refractivity contribution is 6.05. The van der Waals surface area contributed by atoms with Gasteiger partial charge >= 0.3 is 0 Å². The number of aliphatic hydroxyl groups is 2. The van der Waals surface area contributed by atoms with Crippen LogP contribution in [0.2, 0.25) is 0 Å². The number of nitrogens with zero attached hydrogens (tertiary/aromatic N) is 5. The van der Waals surface area contributed by atoms with Crippen LogP contribution in [-0.4, -0.2) is 75.9 Å². The maximum absolute atomic E-state index is 13.0. The molecule has 42 heavy (non-hydrogen) atoms. The molecule has 2 aliphatic rings. The van der Waals surface area contributed by atoms with Crippen LogP contribution in [0.15, 0.2) is 48.2 Å². The second-order valence-corrected chi connectivity index (χ2v) is 11.1. The molecule has 3 N–H and O–H groups in total. The van der Waals surface area contributed by atoms with E-state index < -0.39 is 30.5 Å². The molecule has 5 rings (SSSR count). The number of allylic oxidation sites excluding steroid dienone is 1. The van der Waals surface area contributed by atoms with E-state index in [1.165, 1.54) is 36.7 Å². The van der Waals surface area contributed by atoms with E-state index in [0.717, 1.165) is 29.4 Å². The third-order valence-electron chi connectivity index (χ3n) is 8.32. The number of aliphatic hydroxyl groups excluding tert-OH is 2. The fourth-order valence-electron chi connectivity index (χ4n) is 5.71. The van der Waals surface area contributed by atoms with E-state index in [0.29, 0.717) is 11.3 Å². The zero-order valence-corrected chi connectivity index (χ0v) is 24.2. The second-order valence-electron chi connectivity index (χ2n) is 11.1. The van der Waals surface area contributed by atoms with Gasteiger partial charge in [0.2, 0.25) is 0 Å². The lowest BCUT2D eigenvalue weighted by molar-refractivity contribution is -0.272. The predicted molar refractivity (Wildman–Crippen MR) is 157 cm³/mol. The molecule has 222 valence electrons. The molecule has 2 fully saturated rings. The van der Waals surface area contributed by atoms with E-state index in [4.69, 9.17) is 9.47 Å². The summed E-state index contributed by atoms with van der Waals surface area (Å²) >= 11 is 0. The maximum atomic E-state index is 13.0. The number of nitrogens with one attached hydrogen (secondary N) is 1. The van der Waals surface area contributed by atoms with Gasteiger partial charge in [0.1, 0.15) is 29.5 Å². The number of hydrogen-bond acceptors (Lipinski definition) is 9. The normalized spacial score (nSPS) is 25.1. The number of nitriles is 1. The van der Waals surface area contributed by atoms with Crippen LogP contribution in [0, 0.1) is 17.2 Å². The summed E-state index contributed by atoms with van der Waals surface area (Å²) in [6, 6.07) is 14.5. The van der Waals surface area contributed by atoms with Crippen LogP contribution in [0.4, 0.5) is 5.69 Å². The van der Waals surface area contributed by atoms with Crippen molar-refractivity contribution in [2.24, 2.45) is 5.92 Å². The van der Waals surface area contributed by atoms with Crippen molar-refractivity contribution in [3.05, 3.63) is 59.4 Å². The number of ether oxygens (including phenoxy) is 2. The van der Waals surface area contributed by atoms with Gasteiger partial charge in [-0.25, -0.2) is 4.68 Å². The smallest absolute Gasteiger partial charge is 0.262 e. The van der Waals surface area contributed by atoms with Crippen molar-refractivity contribution in [2.75, 3.05) is 25.1 Å². The summed E-state index contributed by atoms with van der Waals surface area (Å²) in [4.78, 5) is 15.4. The Bertz CT molecular complexity index is 1490. The van der Waals surface area contributed by atoms with Crippen LogP contribution in [-0.2, 0) is 27.4 Å². The molecule has 3 aromatic rings. The second kappa shape index (κ2) is 13.0. The first-order valence-electron chi connectivity index (χ1n) is 14.4. The molecule has 11 nitrogen and oxygen atoms in total. The predicted octanol–water partition coefficient (Wildman–Crippen LogP) is 2.76. The summed E-state index contributed by atoms with van der Waals surface area (Å²) in [5.41, 5.74) is 3.12. The number of carbonyl (C=O) groups is 1. The number of carbonyl (C=O) groups excluding carboxylic acids is 1. The molecule has 1 aromatic heterocycles. The van der Waals surface area contributed by atoms with Gasteiger partial charge in [0.25, 0.3) is 5.91 Å². The molecule has 0 bridgehead atoms. The number of hydrogen-bond donors (Lipinski definition) is 3. The van der Waals surface area contributed by atoms with Crippen molar-refractivity contribution >= 4 is 27.9 Å². The van der Waals surface area contributed by atoms with Crippen LogP contribution >= 0.6 is 0 Å². The average molecular weight is 575 g/mol. The summed E-state index contributed by atoms with van der Waals surface area (Å²) in [6.45, 7) is 5.87. The molecule has 2 aliphatic heterocycles. The highest BCUT2D eigenvalue weighted by Crippen LogP contribution is 2.29. The number of fused-ring (bicyclic) bond motifs is 1. The topological polar surface area (TPSA) is 146 Å². The number of benzene rings is 2. The molecule has 11 heteroatoms. The van der Waals surface area contributed by atoms with E-state index in [2.05, 4.69) is 44.8 Å². The molecule has 2 aromatic carbocycles. The zero-order valence-electron chi connectivity index (χ0n) is 24.2. The molecular weight excluding hydrogens is 536 g/mol. The first-order valence-corrected chi connectivity index (χ1v) is 14.4. The highest BCUT2D eigenvalue weighted by atomic mass is 16.7. The van der Waals surface area contributed by atoms with Gasteiger partial charge in [-0.3, -0.25) is 4.79 Å². The average Bonchev–Trinajstić information content (AvgIpc) is 3.47. The van der Waals surface area contributed by atoms with Gasteiger partial charge in [-0.05, 0) is 66.3 Å². The molecule has 0 aliphatic carbocycles. The first kappa shape index (κ1) is 29.7. The van der Waals surface area contributed by atoms with E-state index in [1.807, 2.05) is 18.2 Å². The number of piperidine rings is 1. The number of anilines is 1. The SMILES string of the molecule is CO[C@H]1O[C@H](Cn2cc(CNC(=O)/C(C#N)=C(\C)c3ccc4cc(N5CCCCC5)ccc4c3)nn2)[C@@H](O)[C@H](O)[C@H]1C. The first-order chi connectivity index (χ1) is 20.3. The molecule has 5 atom stereocenters. The van der Waals surface area contributed by atoms with Gasteiger partial charge in [0.15, 0.2) is 6.29 Å². The van der Waals surface area contributed by atoms with Gasteiger partial charge in [0.05, 0.1) is 25.4 Å². The molecule has 0 spiro atoms. The Balaban J connectivity index is 1.23. The van der Waals surface area contributed by atoms with Crippen LogP contribution < -0.4 is 10.2 Å². The van der Waals surface area contributed by atoms with Crippen molar-refractivity contribution in [3.8, 4) is 6.07 Å². The highest BCUT2D eigenvalue weighted by Gasteiger charge is 2.42. The van der Waals surface area contributed by atoms with Gasteiger partial charge in [-0.1, -0.05) is 30.3 Å². The Kier molecular flexibility index (Phi) is 9.18. The Morgan fingerprint density at radius 2 is 1.88 bits per heavy atom. The van der Waals surface area contributed by atoms with E-state index in [-0.39, 0.29) is 24.6 Å². The van der Waals surface area contributed by atoms with Crippen LogP contribution in [0.5, 0.6) is 0 Å². The van der Waals surface area contributed by atoms with Crippen LogP contribution in [0.3, 0.4) is 0 Å². The molecule has 0 saturated carbocycles. The maximum Gasteiger partial charge on any atom is 0.262 e. The lowest BCUT2D eigenvalue weighted by Gasteiger charge is -2.40. The summed E-state index contributed by atoms with van der Waals surface area (Å²) < 4.78 is 12.5. The van der Waals surface area contributed by atoms with Crippen LogP contribution in [0.1, 0.15) is 44.4 Å². The summed E-state index contributed by atoms with van der Waals surface area (Å²) in [6.07, 6.45) is 1.82. The monoisotopic (exact) mass is 574 g/mol. The summed E-state index contributed by atoms with van der Waals surface area (Å²) in [5.74, 6) is -0.892. The van der Waals surface area contributed by atoms with Crippen molar-refractivity contribution in [2.45, 2.75) is 70.8 Å². The van der Waals surface area contributed by atoms with Crippen molar-refractivity contribution in [1.29, 1.82) is 5.26 Å². The van der Waals surface area contributed by atoms with Gasteiger partial charge in [-0.2, -0.15) is 5.26 Å². The largest absolute Gasteiger partial charge is 0.390 e. The van der Waals surface area contributed by atoms with Gasteiger partial charge in [0, 0.05) is 31.8 Å². The molecule has 0 unspecified atom stereocenters. The lowest BCUT2D eigenvalue weighted by Crippen LogP contribution is -2.55. The number of methoxy groups -OCH3 is 1. The minimum Gasteiger partial charge on any atom is -0.390 e. The molecule has 2 saturated heterocycles. The Labute approximate surface area is 245 Å². The fraction of sp³-hybridized carbons (Fsp3) is 0.484. The van der Waals surface area contributed by atoms with Gasteiger partial charge < -0.3 is 29.9 Å². The number of amides is 1. The molecule has 1 amide bonds. The van der Waals surface area contributed by atoms with Crippen molar-refractivity contribution in [1.82, 2.24) is 20.3 Å². The standard InChI is InChI=1S/C31H38N6O5/c1-19(21-7-8-23-14-25(10-9-22(23)13-21)36-11-5-4-6-12-36)26(15-32)30(40)33-16-24-17-37(35-34-24)18-27-29(39)28(38)20(2)31(41-3)42-27/h7-10,13-14,17,20,27-29,31,38-39H,4-6,11-12,16,18H2,1-3H3,(H,33,40)/b26-19+/t20-,27-,28-,29-,31+/m1/s1. The lowest BCUT2D eigenvalue weighted by atomic mass is 9.92. The third-order valence-corrected chi connectivity index (χ3v) is 8.32. The Hall–Kier alpha value is -3.82. The Morgan fingerprint density at radius 3 is 2.62 bits per heavy atom. The number of rotatable bonds is 8. The molecular formula is C31H38N6O5. The van der Waals surface area contributed by atoms with Crippen molar-refractivity contribution in [3.63, 3.8) is 0 Å². The van der Waals surface area contributed by atoms with Crippen LogP contribution in [0.25, 0.3) is 16.3 Å². The number of aromatic nitrogens is 3. The van der Waals surface area contributed by atoms with E-state index in [9.17, 15) is 20.3 Å². The molecule has 0 radical (unpaired) electrons. The minimum absolute atomic E-state index is 0.0270. The fourth-order valence-corrected chi connectivity index (χ4v) is 5.71. The van der Waals surface area contributed by atoms with Gasteiger partial charge in [-0.15, -0.1) is 5.10 Å². The zero-order chi connectivity index (χ0) is 29.8. The Morgan fingerprint density at radius 1 is 1.14 bits per heavy atom. The van der Waals surface area contributed by atoms with E-state index >= 15 is 0 Å².